The molecule has 0 bridgehead atoms. The van der Waals surface area contributed by atoms with Crippen LogP contribution in [0.25, 0.3) is 0 Å². The van der Waals surface area contributed by atoms with Gasteiger partial charge in [0.2, 0.25) is 5.89 Å². The van der Waals surface area contributed by atoms with Crippen molar-refractivity contribution in [3.05, 3.63) is 24.4 Å². The molecule has 0 spiro atoms. The van der Waals surface area contributed by atoms with Crippen molar-refractivity contribution >= 4 is 5.97 Å². The van der Waals surface area contributed by atoms with E-state index in [9.17, 15) is 4.79 Å². The zero-order chi connectivity index (χ0) is 9.68. The van der Waals surface area contributed by atoms with E-state index in [-0.39, 0.29) is 11.7 Å². The van der Waals surface area contributed by atoms with E-state index in [0.29, 0.717) is 13.1 Å². The zero-order valence-electron chi connectivity index (χ0n) is 6.86. The third kappa shape index (κ3) is 2.68. The highest BCUT2D eigenvalue weighted by Gasteiger charge is 2.11. The van der Waals surface area contributed by atoms with Crippen LogP contribution in [0.5, 0.6) is 0 Å². The predicted molar refractivity (Wildman–Crippen MR) is 43.2 cm³/mol. The van der Waals surface area contributed by atoms with E-state index in [0.717, 1.165) is 0 Å². The van der Waals surface area contributed by atoms with Gasteiger partial charge in [-0.25, -0.2) is 4.79 Å². The number of nitrogens with zero attached hydrogens (tertiary/aromatic N) is 2. The largest absolute Gasteiger partial charge is 0.475 e. The lowest BCUT2D eigenvalue weighted by Gasteiger charge is -1.92. The normalized spacial score (nSPS) is 9.85. The van der Waals surface area contributed by atoms with Crippen molar-refractivity contribution in [3.63, 3.8) is 0 Å². The standard InChI is InChI=1S/C7H9N3O3/c1-2-3-8-4-5-9-6(7(11)12)10-13-5/h2,8H,1,3-4H2,(H,11,12). The van der Waals surface area contributed by atoms with E-state index in [1.165, 1.54) is 0 Å². The lowest BCUT2D eigenvalue weighted by Crippen LogP contribution is -2.12. The summed E-state index contributed by atoms with van der Waals surface area (Å²) in [5, 5.41) is 14.6. The third-order valence-corrected chi connectivity index (χ3v) is 1.22. The third-order valence-electron chi connectivity index (χ3n) is 1.22. The molecule has 13 heavy (non-hydrogen) atoms. The molecule has 0 aliphatic rings. The Bertz CT molecular complexity index is 308. The molecule has 0 saturated carbocycles. The van der Waals surface area contributed by atoms with E-state index >= 15 is 0 Å². The Morgan fingerprint density at radius 1 is 1.77 bits per heavy atom. The van der Waals surface area contributed by atoms with Crippen LogP contribution in [0.1, 0.15) is 16.5 Å². The number of hydrogen-bond donors (Lipinski definition) is 2. The van der Waals surface area contributed by atoms with Gasteiger partial charge in [0.25, 0.3) is 5.82 Å². The van der Waals surface area contributed by atoms with E-state index < -0.39 is 5.97 Å². The predicted octanol–water partition coefficient (Wildman–Crippen LogP) is 0.0434. The molecule has 0 aromatic carbocycles. The molecule has 0 aliphatic carbocycles. The summed E-state index contributed by atoms with van der Waals surface area (Å²) in [6.07, 6.45) is 1.68. The lowest BCUT2D eigenvalue weighted by molar-refractivity contribution is 0.0680. The van der Waals surface area contributed by atoms with Gasteiger partial charge >= 0.3 is 5.97 Å². The van der Waals surface area contributed by atoms with Gasteiger partial charge in [-0.2, -0.15) is 4.98 Å². The van der Waals surface area contributed by atoms with Crippen LogP contribution in [-0.2, 0) is 6.54 Å². The molecule has 1 aromatic rings. The van der Waals surface area contributed by atoms with Gasteiger partial charge in [-0.1, -0.05) is 6.08 Å². The minimum absolute atomic E-state index is 0.249. The fraction of sp³-hybridized carbons (Fsp3) is 0.286. The summed E-state index contributed by atoms with van der Waals surface area (Å²) in [6.45, 7) is 4.44. The molecule has 0 atom stereocenters. The van der Waals surface area contributed by atoms with Crippen LogP contribution in [0, 0.1) is 0 Å². The Balaban J connectivity index is 2.49. The summed E-state index contributed by atoms with van der Waals surface area (Å²) < 4.78 is 4.63. The Morgan fingerprint density at radius 2 is 2.54 bits per heavy atom. The molecule has 6 nitrogen and oxygen atoms in total. The van der Waals surface area contributed by atoms with Crippen LogP contribution in [0.3, 0.4) is 0 Å². The minimum Gasteiger partial charge on any atom is -0.475 e. The van der Waals surface area contributed by atoms with Gasteiger partial charge in [0, 0.05) is 6.54 Å². The molecular formula is C7H9N3O3. The molecule has 0 radical (unpaired) electrons. The summed E-state index contributed by atoms with van der Waals surface area (Å²) in [5.41, 5.74) is 0. The van der Waals surface area contributed by atoms with Crippen LogP contribution >= 0.6 is 0 Å². The molecule has 0 fully saturated rings. The molecule has 1 rings (SSSR count). The second kappa shape index (κ2) is 4.36. The number of aromatic carboxylic acids is 1. The Labute approximate surface area is 74.3 Å². The number of hydrogen-bond acceptors (Lipinski definition) is 5. The fourth-order valence-electron chi connectivity index (χ4n) is 0.695. The number of carboxylic acid groups (broad SMARTS) is 1. The van der Waals surface area contributed by atoms with E-state index in [4.69, 9.17) is 5.11 Å². The average Bonchev–Trinajstić information content (AvgIpc) is 2.53. The topological polar surface area (TPSA) is 88.2 Å². The number of carbonyl (C=O) groups is 1. The van der Waals surface area contributed by atoms with Gasteiger partial charge in [0.15, 0.2) is 0 Å². The summed E-state index contributed by atoms with van der Waals surface area (Å²) in [5.74, 6) is -1.27. The monoisotopic (exact) mass is 183 g/mol. The molecule has 1 aromatic heterocycles. The number of aromatic nitrogens is 2. The molecule has 0 aliphatic heterocycles. The van der Waals surface area contributed by atoms with Crippen molar-refractivity contribution in [2.45, 2.75) is 6.54 Å². The molecule has 6 heteroatoms. The second-order valence-electron chi connectivity index (χ2n) is 2.24. The first-order valence-electron chi connectivity index (χ1n) is 3.61. The van der Waals surface area contributed by atoms with Crippen molar-refractivity contribution in [2.24, 2.45) is 0 Å². The van der Waals surface area contributed by atoms with Gasteiger partial charge in [-0.3, -0.25) is 0 Å². The average molecular weight is 183 g/mol. The van der Waals surface area contributed by atoms with E-state index in [2.05, 4.69) is 26.6 Å². The highest BCUT2D eigenvalue weighted by atomic mass is 16.5. The summed E-state index contributed by atoms with van der Waals surface area (Å²) in [4.78, 5) is 13.9. The second-order valence-corrected chi connectivity index (χ2v) is 2.24. The highest BCUT2D eigenvalue weighted by molar-refractivity contribution is 5.82. The lowest BCUT2D eigenvalue weighted by atomic mass is 10.5. The van der Waals surface area contributed by atoms with Crippen molar-refractivity contribution in [1.29, 1.82) is 0 Å². The summed E-state index contributed by atoms with van der Waals surface area (Å²) in [6, 6.07) is 0. The molecule has 0 unspecified atom stereocenters. The van der Waals surface area contributed by atoms with Gasteiger partial charge in [0.05, 0.1) is 6.54 Å². The zero-order valence-corrected chi connectivity index (χ0v) is 6.86. The summed E-state index contributed by atoms with van der Waals surface area (Å²) in [7, 11) is 0. The maximum absolute atomic E-state index is 10.3. The van der Waals surface area contributed by atoms with Crippen molar-refractivity contribution in [2.75, 3.05) is 6.54 Å². The molecule has 0 saturated heterocycles. The molecule has 2 N–H and O–H groups in total. The van der Waals surface area contributed by atoms with E-state index in [1.807, 2.05) is 0 Å². The Morgan fingerprint density at radius 3 is 3.08 bits per heavy atom. The molecule has 1 heterocycles. The first-order chi connectivity index (χ1) is 6.24. The van der Waals surface area contributed by atoms with Gasteiger partial charge in [0.1, 0.15) is 0 Å². The summed E-state index contributed by atoms with van der Waals surface area (Å²) >= 11 is 0. The first-order valence-corrected chi connectivity index (χ1v) is 3.61. The number of rotatable bonds is 5. The van der Waals surface area contributed by atoms with Crippen LogP contribution in [0.15, 0.2) is 17.2 Å². The van der Waals surface area contributed by atoms with Gasteiger partial charge in [-0.05, 0) is 5.16 Å². The Kier molecular flexibility index (Phi) is 3.15. The van der Waals surface area contributed by atoms with Crippen molar-refractivity contribution < 1.29 is 14.4 Å². The minimum atomic E-state index is -1.20. The quantitative estimate of drug-likeness (QED) is 0.495. The van der Waals surface area contributed by atoms with Crippen LogP contribution in [-0.4, -0.2) is 27.8 Å². The molecular weight excluding hydrogens is 174 g/mol. The highest BCUT2D eigenvalue weighted by Crippen LogP contribution is 1.95. The van der Waals surface area contributed by atoms with Crippen LogP contribution in [0.4, 0.5) is 0 Å². The first kappa shape index (κ1) is 9.40. The Hall–Kier alpha value is -1.69. The van der Waals surface area contributed by atoms with Crippen molar-refractivity contribution in [3.8, 4) is 0 Å². The van der Waals surface area contributed by atoms with E-state index in [1.54, 1.807) is 6.08 Å². The maximum Gasteiger partial charge on any atom is 0.377 e. The van der Waals surface area contributed by atoms with Crippen LogP contribution < -0.4 is 5.32 Å². The smallest absolute Gasteiger partial charge is 0.377 e. The van der Waals surface area contributed by atoms with Gasteiger partial charge < -0.3 is 14.9 Å². The SMILES string of the molecule is C=CCNCc1nc(C(=O)O)no1. The number of nitrogens with one attached hydrogen (secondary N) is 1. The maximum atomic E-state index is 10.3. The number of carboxylic acids is 1. The van der Waals surface area contributed by atoms with Gasteiger partial charge in [-0.15, -0.1) is 6.58 Å². The fourth-order valence-corrected chi connectivity index (χ4v) is 0.695. The van der Waals surface area contributed by atoms with Crippen LogP contribution in [0.2, 0.25) is 0 Å². The molecule has 70 valence electrons. The molecule has 0 amide bonds. The van der Waals surface area contributed by atoms with Crippen molar-refractivity contribution in [1.82, 2.24) is 15.5 Å².